The molecule has 1 amide bonds. The van der Waals surface area contributed by atoms with Gasteiger partial charge in [0.15, 0.2) is 0 Å². The van der Waals surface area contributed by atoms with Crippen LogP contribution in [-0.2, 0) is 16.9 Å². The van der Waals surface area contributed by atoms with E-state index in [-0.39, 0.29) is 18.3 Å². The molecule has 6 heteroatoms. The number of halogens is 1. The van der Waals surface area contributed by atoms with Crippen molar-refractivity contribution in [3.05, 3.63) is 53.9 Å². The Labute approximate surface area is 135 Å². The fourth-order valence-corrected chi connectivity index (χ4v) is 2.32. The van der Waals surface area contributed by atoms with Crippen molar-refractivity contribution in [3.8, 4) is 0 Å². The van der Waals surface area contributed by atoms with Crippen molar-refractivity contribution in [2.24, 2.45) is 0 Å². The van der Waals surface area contributed by atoms with Crippen LogP contribution in [0.4, 0.5) is 4.39 Å². The molecule has 2 rings (SSSR count). The van der Waals surface area contributed by atoms with Crippen LogP contribution in [0.2, 0.25) is 0 Å². The molecule has 0 aliphatic rings. The van der Waals surface area contributed by atoms with E-state index in [9.17, 15) is 14.3 Å². The zero-order valence-corrected chi connectivity index (χ0v) is 13.4. The number of nitrogens with one attached hydrogen (secondary N) is 1. The molecular formula is C17H22FN3O2. The van der Waals surface area contributed by atoms with Crippen LogP contribution < -0.4 is 5.32 Å². The Morgan fingerprint density at radius 2 is 2.09 bits per heavy atom. The number of aryl methyl sites for hydroxylation is 2. The maximum Gasteiger partial charge on any atom is 0.220 e. The number of amides is 1. The van der Waals surface area contributed by atoms with Crippen molar-refractivity contribution in [2.75, 3.05) is 6.54 Å². The molecule has 2 N–H and O–H groups in total. The van der Waals surface area contributed by atoms with Crippen molar-refractivity contribution in [1.82, 2.24) is 14.9 Å². The van der Waals surface area contributed by atoms with E-state index in [2.05, 4.69) is 10.3 Å². The summed E-state index contributed by atoms with van der Waals surface area (Å²) >= 11 is 0. The Morgan fingerprint density at radius 1 is 1.39 bits per heavy atom. The molecule has 1 atom stereocenters. The monoisotopic (exact) mass is 319 g/mol. The number of hydrogen-bond acceptors (Lipinski definition) is 3. The van der Waals surface area contributed by atoms with Gasteiger partial charge in [-0.3, -0.25) is 4.79 Å². The predicted octanol–water partition coefficient (Wildman–Crippen LogP) is 2.13. The first-order valence-corrected chi connectivity index (χ1v) is 7.61. The third kappa shape index (κ3) is 4.89. The van der Waals surface area contributed by atoms with E-state index in [1.165, 1.54) is 24.3 Å². The number of aliphatic hydroxyl groups is 1. The van der Waals surface area contributed by atoms with Gasteiger partial charge in [-0.1, -0.05) is 12.1 Å². The number of carbonyl (C=O) groups is 1. The molecule has 0 fully saturated rings. The van der Waals surface area contributed by atoms with Crippen LogP contribution in [-0.4, -0.2) is 27.1 Å². The third-order valence-electron chi connectivity index (χ3n) is 3.82. The highest BCUT2D eigenvalue weighted by atomic mass is 19.1. The molecule has 0 aliphatic heterocycles. The average molecular weight is 319 g/mol. The minimum Gasteiger partial charge on any atom is -0.384 e. The maximum absolute atomic E-state index is 12.9. The van der Waals surface area contributed by atoms with Crippen LogP contribution in [0.3, 0.4) is 0 Å². The van der Waals surface area contributed by atoms with Crippen molar-refractivity contribution >= 4 is 5.91 Å². The SMILES string of the molecule is Cc1nccn1CCCC(=O)NCC(C)(O)c1ccc(F)cc1. The highest BCUT2D eigenvalue weighted by Crippen LogP contribution is 2.19. The van der Waals surface area contributed by atoms with Crippen molar-refractivity contribution in [3.63, 3.8) is 0 Å². The maximum atomic E-state index is 12.9. The molecule has 1 aromatic heterocycles. The highest BCUT2D eigenvalue weighted by Gasteiger charge is 2.23. The smallest absolute Gasteiger partial charge is 0.220 e. The highest BCUT2D eigenvalue weighted by molar-refractivity contribution is 5.75. The van der Waals surface area contributed by atoms with E-state index in [1.807, 2.05) is 17.7 Å². The number of aromatic nitrogens is 2. The lowest BCUT2D eigenvalue weighted by atomic mass is 9.96. The van der Waals surface area contributed by atoms with Crippen LogP contribution in [0.25, 0.3) is 0 Å². The summed E-state index contributed by atoms with van der Waals surface area (Å²) in [4.78, 5) is 16.0. The lowest BCUT2D eigenvalue weighted by Crippen LogP contribution is -2.38. The van der Waals surface area contributed by atoms with Gasteiger partial charge in [0.05, 0.1) is 6.54 Å². The number of benzene rings is 1. The second-order valence-corrected chi connectivity index (χ2v) is 5.83. The Bertz CT molecular complexity index is 650. The minimum absolute atomic E-state index is 0.0849. The van der Waals surface area contributed by atoms with Crippen LogP contribution in [0.1, 0.15) is 31.2 Å². The molecule has 2 aromatic rings. The van der Waals surface area contributed by atoms with E-state index in [1.54, 1.807) is 13.1 Å². The molecule has 0 radical (unpaired) electrons. The molecule has 0 saturated heterocycles. The number of carbonyl (C=O) groups excluding carboxylic acids is 1. The van der Waals surface area contributed by atoms with E-state index < -0.39 is 5.60 Å². The van der Waals surface area contributed by atoms with Crippen LogP contribution in [0, 0.1) is 12.7 Å². The molecule has 0 spiro atoms. The van der Waals surface area contributed by atoms with E-state index in [4.69, 9.17) is 0 Å². The number of hydrogen-bond donors (Lipinski definition) is 2. The Hall–Kier alpha value is -2.21. The predicted molar refractivity (Wildman–Crippen MR) is 85.2 cm³/mol. The Balaban J connectivity index is 1.77. The van der Waals surface area contributed by atoms with Crippen LogP contribution >= 0.6 is 0 Å². The second-order valence-electron chi connectivity index (χ2n) is 5.83. The third-order valence-corrected chi connectivity index (χ3v) is 3.82. The number of imidazole rings is 1. The van der Waals surface area contributed by atoms with Gasteiger partial charge in [0.25, 0.3) is 0 Å². The van der Waals surface area contributed by atoms with Gasteiger partial charge >= 0.3 is 0 Å². The van der Waals surface area contributed by atoms with Crippen molar-refractivity contribution in [2.45, 2.75) is 38.8 Å². The molecule has 1 unspecified atom stereocenters. The Kier molecular flexibility index (Phi) is 5.50. The fraction of sp³-hybridized carbons (Fsp3) is 0.412. The fourth-order valence-electron chi connectivity index (χ4n) is 2.32. The van der Waals surface area contributed by atoms with Gasteiger partial charge in [-0.2, -0.15) is 0 Å². The first-order chi connectivity index (χ1) is 10.9. The number of rotatable bonds is 7. The van der Waals surface area contributed by atoms with Crippen molar-refractivity contribution < 1.29 is 14.3 Å². The summed E-state index contributed by atoms with van der Waals surface area (Å²) in [6, 6.07) is 5.62. The normalized spacial score (nSPS) is 13.6. The largest absolute Gasteiger partial charge is 0.384 e. The molecule has 1 heterocycles. The molecule has 124 valence electrons. The Morgan fingerprint density at radius 3 is 2.70 bits per heavy atom. The lowest BCUT2D eigenvalue weighted by molar-refractivity contribution is -0.122. The molecule has 0 aliphatic carbocycles. The van der Waals surface area contributed by atoms with Gasteiger partial charge in [0.1, 0.15) is 17.2 Å². The minimum atomic E-state index is -1.23. The molecular weight excluding hydrogens is 297 g/mol. The van der Waals surface area contributed by atoms with Gasteiger partial charge in [-0.05, 0) is 38.0 Å². The lowest BCUT2D eigenvalue weighted by Gasteiger charge is -2.24. The van der Waals surface area contributed by atoms with Gasteiger partial charge in [0, 0.05) is 25.4 Å². The zero-order chi connectivity index (χ0) is 16.9. The first kappa shape index (κ1) is 17.1. The van der Waals surface area contributed by atoms with Crippen molar-refractivity contribution in [1.29, 1.82) is 0 Å². The van der Waals surface area contributed by atoms with E-state index in [0.29, 0.717) is 18.4 Å². The topological polar surface area (TPSA) is 67.2 Å². The first-order valence-electron chi connectivity index (χ1n) is 7.61. The summed E-state index contributed by atoms with van der Waals surface area (Å²) < 4.78 is 14.9. The summed E-state index contributed by atoms with van der Waals surface area (Å²) in [6.07, 6.45) is 4.68. The number of nitrogens with zero attached hydrogens (tertiary/aromatic N) is 2. The average Bonchev–Trinajstić information content (AvgIpc) is 2.91. The molecule has 0 saturated carbocycles. The summed E-state index contributed by atoms with van der Waals surface area (Å²) in [6.45, 7) is 4.32. The summed E-state index contributed by atoms with van der Waals surface area (Å²) in [5, 5.41) is 13.1. The standard InChI is InChI=1S/C17H22FN3O2/c1-13-19-9-11-21(13)10-3-4-16(22)20-12-17(2,23)14-5-7-15(18)8-6-14/h5-9,11,23H,3-4,10,12H2,1-2H3,(H,20,22). The molecule has 0 bridgehead atoms. The summed E-state index contributed by atoms with van der Waals surface area (Å²) in [7, 11) is 0. The van der Waals surface area contributed by atoms with Crippen LogP contribution in [0.15, 0.2) is 36.7 Å². The quantitative estimate of drug-likeness (QED) is 0.821. The second kappa shape index (κ2) is 7.37. The molecule has 5 nitrogen and oxygen atoms in total. The summed E-state index contributed by atoms with van der Waals surface area (Å²) in [5.41, 5.74) is -0.669. The van der Waals surface area contributed by atoms with E-state index in [0.717, 1.165) is 12.4 Å². The van der Waals surface area contributed by atoms with Gasteiger partial charge < -0.3 is 15.0 Å². The van der Waals surface area contributed by atoms with E-state index >= 15 is 0 Å². The van der Waals surface area contributed by atoms with Crippen LogP contribution in [0.5, 0.6) is 0 Å². The van der Waals surface area contributed by atoms with Gasteiger partial charge in [0.2, 0.25) is 5.91 Å². The molecule has 23 heavy (non-hydrogen) atoms. The summed E-state index contributed by atoms with van der Waals surface area (Å²) in [5.74, 6) is 0.443. The van der Waals surface area contributed by atoms with Gasteiger partial charge in [-0.15, -0.1) is 0 Å². The zero-order valence-electron chi connectivity index (χ0n) is 13.4. The van der Waals surface area contributed by atoms with Gasteiger partial charge in [-0.25, -0.2) is 9.37 Å². The molecule has 1 aromatic carbocycles.